The number of phenols is 1. The van der Waals surface area contributed by atoms with Crippen molar-refractivity contribution in [2.45, 2.75) is 24.7 Å². The molecule has 2 N–H and O–H groups in total. The molecule has 2 bridgehead atoms. The van der Waals surface area contributed by atoms with Gasteiger partial charge in [0.2, 0.25) is 5.79 Å². The zero-order valence-electron chi connectivity index (χ0n) is 7.43. The number of phenolic OH excluding ortho intramolecular Hbond substituents is 1. The summed E-state index contributed by atoms with van der Waals surface area (Å²) in [6.07, 6.45) is 0.926. The van der Waals surface area contributed by atoms with E-state index < -0.39 is 5.79 Å². The standard InChI is InChI=1S/C10H10O4/c11-7-3-1-2-6-9(7)8-4-5-10(6,12)14-13-8/h1-3,8,11-12H,4-5H2. The highest BCUT2D eigenvalue weighted by Crippen LogP contribution is 2.50. The molecule has 74 valence electrons. The topological polar surface area (TPSA) is 58.9 Å². The zero-order valence-corrected chi connectivity index (χ0v) is 7.43. The molecule has 2 heterocycles. The van der Waals surface area contributed by atoms with E-state index >= 15 is 0 Å². The number of hydrogen-bond acceptors (Lipinski definition) is 4. The van der Waals surface area contributed by atoms with Gasteiger partial charge in [0.25, 0.3) is 0 Å². The summed E-state index contributed by atoms with van der Waals surface area (Å²) in [5, 5.41) is 19.7. The van der Waals surface area contributed by atoms with E-state index in [4.69, 9.17) is 9.78 Å². The van der Waals surface area contributed by atoms with Crippen molar-refractivity contribution in [1.29, 1.82) is 0 Å². The first-order chi connectivity index (χ1) is 6.71. The number of aromatic hydroxyl groups is 1. The molecule has 2 aliphatic heterocycles. The van der Waals surface area contributed by atoms with Crippen molar-refractivity contribution in [1.82, 2.24) is 0 Å². The highest BCUT2D eigenvalue weighted by molar-refractivity contribution is 5.45. The quantitative estimate of drug-likeness (QED) is 0.612. The van der Waals surface area contributed by atoms with Crippen LogP contribution in [0.4, 0.5) is 0 Å². The molecule has 3 aliphatic rings. The van der Waals surface area contributed by atoms with E-state index in [-0.39, 0.29) is 11.9 Å². The summed E-state index contributed by atoms with van der Waals surface area (Å²) in [6, 6.07) is 5.03. The van der Waals surface area contributed by atoms with Gasteiger partial charge in [-0.3, -0.25) is 0 Å². The van der Waals surface area contributed by atoms with Gasteiger partial charge < -0.3 is 10.2 Å². The molecule has 1 aliphatic carbocycles. The van der Waals surface area contributed by atoms with Crippen molar-refractivity contribution < 1.29 is 20.0 Å². The van der Waals surface area contributed by atoms with Gasteiger partial charge in [-0.15, -0.1) is 0 Å². The Morgan fingerprint density at radius 1 is 1.43 bits per heavy atom. The van der Waals surface area contributed by atoms with Gasteiger partial charge in [0.15, 0.2) is 0 Å². The molecular weight excluding hydrogens is 184 g/mol. The van der Waals surface area contributed by atoms with E-state index in [0.29, 0.717) is 24.0 Å². The molecule has 1 aromatic carbocycles. The fourth-order valence-corrected chi connectivity index (χ4v) is 2.16. The maximum atomic E-state index is 10.0. The molecule has 0 amide bonds. The predicted molar refractivity (Wildman–Crippen MR) is 46.1 cm³/mol. The molecule has 1 fully saturated rings. The third-order valence-corrected chi connectivity index (χ3v) is 2.87. The summed E-state index contributed by atoms with van der Waals surface area (Å²) in [6.45, 7) is 0. The highest BCUT2D eigenvalue weighted by atomic mass is 17.2. The van der Waals surface area contributed by atoms with Gasteiger partial charge in [-0.1, -0.05) is 12.1 Å². The Morgan fingerprint density at radius 2 is 2.29 bits per heavy atom. The minimum atomic E-state index is -1.37. The first-order valence-corrected chi connectivity index (χ1v) is 4.60. The molecule has 2 unspecified atom stereocenters. The van der Waals surface area contributed by atoms with E-state index in [1.807, 2.05) is 0 Å². The summed E-state index contributed by atoms with van der Waals surface area (Å²) in [5.74, 6) is -1.21. The van der Waals surface area contributed by atoms with Gasteiger partial charge in [0, 0.05) is 17.5 Å². The molecule has 0 aromatic heterocycles. The second-order valence-electron chi connectivity index (χ2n) is 3.73. The number of hydrogen-bond donors (Lipinski definition) is 2. The normalized spacial score (nSPS) is 34.2. The summed E-state index contributed by atoms with van der Waals surface area (Å²) in [5.41, 5.74) is 1.28. The van der Waals surface area contributed by atoms with E-state index in [2.05, 4.69) is 0 Å². The fourth-order valence-electron chi connectivity index (χ4n) is 2.16. The van der Waals surface area contributed by atoms with Crippen LogP contribution in [0.1, 0.15) is 30.1 Å². The van der Waals surface area contributed by atoms with Crippen molar-refractivity contribution >= 4 is 0 Å². The van der Waals surface area contributed by atoms with Crippen molar-refractivity contribution in [3.8, 4) is 5.75 Å². The molecule has 1 aromatic rings. The second-order valence-corrected chi connectivity index (χ2v) is 3.73. The first kappa shape index (κ1) is 8.23. The minimum Gasteiger partial charge on any atom is -0.508 e. The SMILES string of the molecule is Oc1cccc2c1C1CCC2(O)OO1. The smallest absolute Gasteiger partial charge is 0.225 e. The molecule has 1 saturated heterocycles. The van der Waals surface area contributed by atoms with Crippen molar-refractivity contribution in [2.24, 2.45) is 0 Å². The maximum absolute atomic E-state index is 10.0. The Hall–Kier alpha value is -1.10. The molecule has 14 heavy (non-hydrogen) atoms. The zero-order chi connectivity index (χ0) is 9.76. The molecule has 2 atom stereocenters. The lowest BCUT2D eigenvalue weighted by atomic mass is 9.83. The van der Waals surface area contributed by atoms with Crippen LogP contribution in [0.3, 0.4) is 0 Å². The second kappa shape index (κ2) is 2.48. The maximum Gasteiger partial charge on any atom is 0.225 e. The molecule has 0 saturated carbocycles. The van der Waals surface area contributed by atoms with Gasteiger partial charge in [0.05, 0.1) is 0 Å². The fraction of sp³-hybridized carbons (Fsp3) is 0.400. The van der Waals surface area contributed by atoms with Crippen LogP contribution in [0.15, 0.2) is 18.2 Å². The Kier molecular flexibility index (Phi) is 1.45. The monoisotopic (exact) mass is 194 g/mol. The van der Waals surface area contributed by atoms with Crippen LogP contribution in [0.25, 0.3) is 0 Å². The summed E-state index contributed by atoms with van der Waals surface area (Å²) in [7, 11) is 0. The van der Waals surface area contributed by atoms with Crippen LogP contribution in [-0.4, -0.2) is 10.2 Å². The predicted octanol–water partition coefficient (Wildman–Crippen LogP) is 1.33. The summed E-state index contributed by atoms with van der Waals surface area (Å²) >= 11 is 0. The van der Waals surface area contributed by atoms with Crippen LogP contribution >= 0.6 is 0 Å². The van der Waals surface area contributed by atoms with Crippen molar-refractivity contribution in [3.05, 3.63) is 29.3 Å². The van der Waals surface area contributed by atoms with Gasteiger partial charge in [-0.2, -0.15) is 4.89 Å². The number of fused-ring (bicyclic) bond motifs is 2. The average molecular weight is 194 g/mol. The third-order valence-electron chi connectivity index (χ3n) is 2.87. The average Bonchev–Trinajstić information content (AvgIpc) is 2.19. The lowest BCUT2D eigenvalue weighted by Gasteiger charge is -2.42. The highest BCUT2D eigenvalue weighted by Gasteiger charge is 2.47. The minimum absolute atomic E-state index is 0.161. The van der Waals surface area contributed by atoms with Gasteiger partial charge in [-0.05, 0) is 12.5 Å². The molecule has 4 rings (SSSR count). The van der Waals surface area contributed by atoms with Gasteiger partial charge in [0.1, 0.15) is 11.9 Å². The molecule has 4 heteroatoms. The largest absolute Gasteiger partial charge is 0.508 e. The van der Waals surface area contributed by atoms with Crippen LogP contribution < -0.4 is 0 Å². The van der Waals surface area contributed by atoms with E-state index in [0.717, 1.165) is 0 Å². The Morgan fingerprint density at radius 3 is 2.93 bits per heavy atom. The van der Waals surface area contributed by atoms with Gasteiger partial charge in [-0.25, -0.2) is 4.89 Å². The number of benzene rings is 1. The summed E-state index contributed by atoms with van der Waals surface area (Å²) < 4.78 is 0. The van der Waals surface area contributed by atoms with Crippen LogP contribution in [0.5, 0.6) is 5.75 Å². The molecule has 4 nitrogen and oxygen atoms in total. The van der Waals surface area contributed by atoms with Crippen molar-refractivity contribution in [3.63, 3.8) is 0 Å². The van der Waals surface area contributed by atoms with Crippen LogP contribution in [0.2, 0.25) is 0 Å². The Balaban J connectivity index is 2.28. The Labute approximate surface area is 80.6 Å². The molecule has 0 spiro atoms. The summed E-state index contributed by atoms with van der Waals surface area (Å²) in [4.78, 5) is 9.87. The number of aliphatic hydroxyl groups is 1. The molecular formula is C10H10O4. The van der Waals surface area contributed by atoms with Crippen molar-refractivity contribution in [2.75, 3.05) is 0 Å². The lowest BCUT2D eigenvalue weighted by Crippen LogP contribution is -2.41. The van der Waals surface area contributed by atoms with Crippen LogP contribution in [-0.2, 0) is 15.6 Å². The number of rotatable bonds is 0. The van der Waals surface area contributed by atoms with E-state index in [9.17, 15) is 10.2 Å². The lowest BCUT2D eigenvalue weighted by molar-refractivity contribution is -0.482. The van der Waals surface area contributed by atoms with Gasteiger partial charge >= 0.3 is 0 Å². The molecule has 0 radical (unpaired) electrons. The van der Waals surface area contributed by atoms with E-state index in [1.165, 1.54) is 0 Å². The Bertz CT molecular complexity index is 380. The van der Waals surface area contributed by atoms with Crippen LogP contribution in [0, 0.1) is 0 Å². The first-order valence-electron chi connectivity index (χ1n) is 4.60. The third kappa shape index (κ3) is 0.877. The van der Waals surface area contributed by atoms with E-state index in [1.54, 1.807) is 18.2 Å².